The molecule has 10 heteroatoms. The number of imidazole rings is 1. The summed E-state index contributed by atoms with van der Waals surface area (Å²) < 4.78 is 9.42. The van der Waals surface area contributed by atoms with Crippen molar-refractivity contribution in [3.63, 3.8) is 0 Å². The van der Waals surface area contributed by atoms with E-state index in [-0.39, 0.29) is 18.4 Å². The molecule has 3 aliphatic rings. The van der Waals surface area contributed by atoms with Crippen LogP contribution in [0.25, 0.3) is 11.0 Å². The zero-order valence-corrected chi connectivity index (χ0v) is 26.7. The number of halogens is 1. The number of amides is 2. The summed E-state index contributed by atoms with van der Waals surface area (Å²) in [5, 5.41) is 10.0. The Hall–Kier alpha value is -4.18. The number of rotatable bonds is 7. The second-order valence-corrected chi connectivity index (χ2v) is 13.2. The summed E-state index contributed by atoms with van der Waals surface area (Å²) in [6, 6.07) is 17.1. The normalized spacial score (nSPS) is 21.1. The third-order valence-electron chi connectivity index (χ3n) is 9.73. The summed E-state index contributed by atoms with van der Waals surface area (Å²) in [5.41, 5.74) is 6.45. The van der Waals surface area contributed by atoms with Crippen LogP contribution in [-0.2, 0) is 36.2 Å². The molecule has 1 N–H and O–H groups in total. The lowest BCUT2D eigenvalue weighted by atomic mass is 9.77. The van der Waals surface area contributed by atoms with E-state index in [1.165, 1.54) is 0 Å². The van der Waals surface area contributed by atoms with Crippen LogP contribution in [0.2, 0.25) is 0 Å². The predicted octanol–water partition coefficient (Wildman–Crippen LogP) is 5.89. The lowest BCUT2D eigenvalue weighted by Gasteiger charge is -2.43. The number of hydrogen-bond donors (Lipinski definition) is 1. The Labute approximate surface area is 269 Å². The highest BCUT2D eigenvalue weighted by Crippen LogP contribution is 2.44. The molecule has 1 saturated carbocycles. The maximum absolute atomic E-state index is 14.4. The molecular weight excluding hydrogens is 636 g/mol. The molecule has 232 valence electrons. The van der Waals surface area contributed by atoms with E-state index in [0.29, 0.717) is 50.3 Å². The van der Waals surface area contributed by atoms with E-state index in [0.717, 1.165) is 50.6 Å². The first-order valence-corrected chi connectivity index (χ1v) is 16.3. The molecule has 1 fully saturated rings. The topological polar surface area (TPSA) is 105 Å². The monoisotopic (exact) mass is 670 g/mol. The first-order valence-electron chi connectivity index (χ1n) is 15.5. The minimum atomic E-state index is -0.913. The van der Waals surface area contributed by atoms with Crippen LogP contribution in [0.4, 0.5) is 0 Å². The van der Waals surface area contributed by atoms with Crippen molar-refractivity contribution in [1.82, 2.24) is 19.4 Å². The van der Waals surface area contributed by atoms with E-state index in [4.69, 9.17) is 4.74 Å². The Balaban J connectivity index is 1.25. The molecule has 0 bridgehead atoms. The van der Waals surface area contributed by atoms with E-state index < -0.39 is 23.8 Å². The van der Waals surface area contributed by atoms with Gasteiger partial charge >= 0.3 is 5.97 Å². The van der Waals surface area contributed by atoms with Crippen molar-refractivity contribution in [3.8, 4) is 5.75 Å². The summed E-state index contributed by atoms with van der Waals surface area (Å²) in [4.78, 5) is 48.3. The zero-order chi connectivity index (χ0) is 31.2. The average molecular weight is 672 g/mol. The van der Waals surface area contributed by atoms with E-state index >= 15 is 0 Å². The number of benzene rings is 3. The van der Waals surface area contributed by atoms with Crippen LogP contribution in [0.1, 0.15) is 64.3 Å². The van der Waals surface area contributed by atoms with Crippen LogP contribution in [0.5, 0.6) is 5.75 Å². The number of hydrogen-bond acceptors (Lipinski definition) is 5. The average Bonchev–Trinajstić information content (AvgIpc) is 3.58. The Morgan fingerprint density at radius 1 is 1.07 bits per heavy atom. The molecule has 9 nitrogen and oxygen atoms in total. The first-order chi connectivity index (χ1) is 21.8. The maximum Gasteiger partial charge on any atom is 0.307 e. The Morgan fingerprint density at radius 2 is 1.87 bits per heavy atom. The van der Waals surface area contributed by atoms with E-state index in [1.807, 2.05) is 71.1 Å². The Morgan fingerprint density at radius 3 is 2.67 bits per heavy atom. The number of aryl methyl sites for hydroxylation is 1. The lowest BCUT2D eigenvalue weighted by molar-refractivity contribution is -0.153. The number of nitrogens with zero attached hydrogens (tertiary/aromatic N) is 4. The number of carbonyl (C=O) groups excluding carboxylic acids is 2. The Bertz CT molecular complexity index is 1820. The van der Waals surface area contributed by atoms with E-state index in [2.05, 4.69) is 20.9 Å². The molecule has 3 atom stereocenters. The van der Waals surface area contributed by atoms with Crippen LogP contribution in [-0.4, -0.2) is 55.3 Å². The molecular formula is C35H35BrN4O5. The van der Waals surface area contributed by atoms with Gasteiger partial charge in [-0.25, -0.2) is 4.98 Å². The summed E-state index contributed by atoms with van der Waals surface area (Å²) in [7, 11) is 1.96. The smallest absolute Gasteiger partial charge is 0.307 e. The summed E-state index contributed by atoms with van der Waals surface area (Å²) in [5.74, 6) is -1.76. The highest BCUT2D eigenvalue weighted by molar-refractivity contribution is 9.10. The molecule has 1 unspecified atom stereocenters. The lowest BCUT2D eigenvalue weighted by Crippen LogP contribution is -2.50. The van der Waals surface area contributed by atoms with Gasteiger partial charge in [0.1, 0.15) is 12.4 Å². The molecule has 0 spiro atoms. The van der Waals surface area contributed by atoms with Gasteiger partial charge in [-0.1, -0.05) is 53.0 Å². The molecule has 2 amide bonds. The molecule has 4 aromatic rings. The van der Waals surface area contributed by atoms with Crippen LogP contribution < -0.4 is 4.74 Å². The molecule has 0 radical (unpaired) electrons. The minimum Gasteiger partial charge on any atom is -0.489 e. The number of fused-ring (bicyclic) bond motifs is 3. The van der Waals surface area contributed by atoms with Gasteiger partial charge in [0.2, 0.25) is 5.91 Å². The number of carboxylic acid groups (broad SMARTS) is 1. The van der Waals surface area contributed by atoms with Crippen LogP contribution in [0.15, 0.2) is 65.4 Å². The molecule has 3 heterocycles. The van der Waals surface area contributed by atoms with Crippen molar-refractivity contribution >= 4 is 44.7 Å². The second-order valence-electron chi connectivity index (χ2n) is 12.4. The van der Waals surface area contributed by atoms with Crippen molar-refractivity contribution in [2.45, 2.75) is 51.3 Å². The molecule has 3 aromatic carbocycles. The molecule has 45 heavy (non-hydrogen) atoms. The number of aliphatic carboxylic acids is 1. The van der Waals surface area contributed by atoms with Gasteiger partial charge in [0.25, 0.3) is 5.91 Å². The summed E-state index contributed by atoms with van der Waals surface area (Å²) >= 11 is 3.75. The number of aromatic nitrogens is 2. The summed E-state index contributed by atoms with van der Waals surface area (Å²) in [6.07, 6.45) is 5.07. The fourth-order valence-corrected chi connectivity index (χ4v) is 7.94. The quantitative estimate of drug-likeness (QED) is 0.263. The second kappa shape index (κ2) is 12.0. The van der Waals surface area contributed by atoms with Gasteiger partial charge in [-0.15, -0.1) is 0 Å². The number of ether oxygens (including phenoxy) is 1. The van der Waals surface area contributed by atoms with Crippen LogP contribution in [0, 0.1) is 11.8 Å². The fourth-order valence-electron chi connectivity index (χ4n) is 7.40. The van der Waals surface area contributed by atoms with Crippen molar-refractivity contribution in [2.75, 3.05) is 13.1 Å². The molecule has 2 aliphatic heterocycles. The molecule has 7 rings (SSSR count). The van der Waals surface area contributed by atoms with Crippen molar-refractivity contribution in [3.05, 3.63) is 93.2 Å². The van der Waals surface area contributed by atoms with Gasteiger partial charge in [-0.3, -0.25) is 14.4 Å². The summed E-state index contributed by atoms with van der Waals surface area (Å²) in [6.45, 7) is 1.48. The number of carboxylic acids is 1. The van der Waals surface area contributed by atoms with E-state index in [9.17, 15) is 19.5 Å². The molecule has 1 aromatic heterocycles. The van der Waals surface area contributed by atoms with Gasteiger partial charge in [-0.2, -0.15) is 0 Å². The van der Waals surface area contributed by atoms with Crippen molar-refractivity contribution in [2.24, 2.45) is 18.9 Å². The fraction of sp³-hybridized carbons (Fsp3) is 0.371. The van der Waals surface area contributed by atoms with Crippen molar-refractivity contribution in [1.29, 1.82) is 0 Å². The SMILES string of the molecule is Cn1cnc2cc(COc3ccc(Br)c4c3[C@@H](CN3Cc5ccccc5C3=O)N(C(=O)C3CCCC[C@H]3C(=O)O)CC4)ccc21. The third kappa shape index (κ3) is 5.39. The van der Waals surface area contributed by atoms with Gasteiger partial charge in [0.05, 0.1) is 35.2 Å². The third-order valence-corrected chi connectivity index (χ3v) is 10.5. The minimum absolute atomic E-state index is 0.0627. The molecule has 1 aliphatic carbocycles. The van der Waals surface area contributed by atoms with Gasteiger partial charge in [0.15, 0.2) is 0 Å². The predicted molar refractivity (Wildman–Crippen MR) is 172 cm³/mol. The van der Waals surface area contributed by atoms with Crippen molar-refractivity contribution < 1.29 is 24.2 Å². The first kappa shape index (κ1) is 29.5. The number of carbonyl (C=O) groups is 3. The molecule has 0 saturated heterocycles. The van der Waals surface area contributed by atoms with E-state index in [1.54, 1.807) is 11.2 Å². The largest absolute Gasteiger partial charge is 0.489 e. The maximum atomic E-state index is 14.4. The van der Waals surface area contributed by atoms with Crippen LogP contribution >= 0.6 is 15.9 Å². The standard InChI is InChI=1S/C35H35BrN4O5/c1-38-20-37-28-16-21(10-12-29(28)38)19-45-31-13-11-27(36)26-14-15-40(34(42)24-8-4-5-9-25(24)35(43)44)30(32(26)31)18-39-17-22-6-2-3-7-23(22)33(39)41/h2-3,6-7,10-13,16,20,24-25,30H,4-5,8-9,14-15,17-19H2,1H3,(H,43,44)/t24?,25-,30-/m1/s1. The van der Waals surface area contributed by atoms with Gasteiger partial charge in [-0.05, 0) is 66.3 Å². The highest BCUT2D eigenvalue weighted by atomic mass is 79.9. The highest BCUT2D eigenvalue weighted by Gasteiger charge is 2.44. The Kier molecular flexibility index (Phi) is 7.85. The van der Waals surface area contributed by atoms with Crippen LogP contribution in [0.3, 0.4) is 0 Å². The zero-order valence-electron chi connectivity index (χ0n) is 25.1. The van der Waals surface area contributed by atoms with Gasteiger partial charge in [0, 0.05) is 42.3 Å². The van der Waals surface area contributed by atoms with Gasteiger partial charge < -0.3 is 24.2 Å².